The van der Waals surface area contributed by atoms with Gasteiger partial charge in [-0.05, 0) is 38.1 Å². The molecule has 1 aliphatic rings. The van der Waals surface area contributed by atoms with E-state index in [9.17, 15) is 8.42 Å². The van der Waals surface area contributed by atoms with Gasteiger partial charge in [0.1, 0.15) is 0 Å². The van der Waals surface area contributed by atoms with E-state index in [4.69, 9.17) is 0 Å². The molecule has 0 radical (unpaired) electrons. The highest BCUT2D eigenvalue weighted by atomic mass is 32.2. The summed E-state index contributed by atoms with van der Waals surface area (Å²) < 4.78 is 25.7. The predicted molar refractivity (Wildman–Crippen MR) is 66.9 cm³/mol. The second-order valence-corrected chi connectivity index (χ2v) is 6.90. The van der Waals surface area contributed by atoms with Crippen molar-refractivity contribution >= 4 is 10.0 Å². The minimum Gasteiger partial charge on any atom is -0.314 e. The van der Waals surface area contributed by atoms with Crippen LogP contribution >= 0.6 is 0 Å². The lowest BCUT2D eigenvalue weighted by Gasteiger charge is -2.08. The van der Waals surface area contributed by atoms with E-state index in [1.54, 1.807) is 0 Å². The number of rotatable bonds is 9. The first-order chi connectivity index (χ1) is 7.49. The number of hydrogen-bond acceptors (Lipinski definition) is 3. The van der Waals surface area contributed by atoms with Crippen LogP contribution in [0.3, 0.4) is 0 Å². The van der Waals surface area contributed by atoms with Gasteiger partial charge in [0.25, 0.3) is 0 Å². The van der Waals surface area contributed by atoms with Crippen LogP contribution in [0.15, 0.2) is 0 Å². The Morgan fingerprint density at radius 3 is 2.50 bits per heavy atom. The fourth-order valence-electron chi connectivity index (χ4n) is 1.37. The van der Waals surface area contributed by atoms with E-state index in [1.165, 1.54) is 12.8 Å². The highest BCUT2D eigenvalue weighted by Gasteiger charge is 2.19. The van der Waals surface area contributed by atoms with E-state index in [-0.39, 0.29) is 5.75 Å². The van der Waals surface area contributed by atoms with Crippen LogP contribution in [0.25, 0.3) is 0 Å². The summed E-state index contributed by atoms with van der Waals surface area (Å²) in [6.07, 6.45) is 4.16. The first kappa shape index (κ1) is 13.9. The number of hydrogen-bond donors (Lipinski definition) is 2. The maximum Gasteiger partial charge on any atom is 0.211 e. The van der Waals surface area contributed by atoms with Crippen LogP contribution in [0, 0.1) is 5.92 Å². The second-order valence-electron chi connectivity index (χ2n) is 4.98. The van der Waals surface area contributed by atoms with E-state index in [0.29, 0.717) is 18.5 Å². The number of nitrogens with one attached hydrogen (secondary N) is 2. The summed E-state index contributed by atoms with van der Waals surface area (Å²) in [5.74, 6) is 0.689. The molecule has 0 amide bonds. The Labute approximate surface area is 99.2 Å². The standard InChI is InChI=1S/C11H24N2O2S/c1-10(2)6-9-16(14,15)13-8-3-7-12-11-4-5-11/h10-13H,3-9H2,1-2H3. The van der Waals surface area contributed by atoms with Crippen LogP contribution in [-0.4, -0.2) is 33.3 Å². The van der Waals surface area contributed by atoms with Crippen molar-refractivity contribution in [3.8, 4) is 0 Å². The fraction of sp³-hybridized carbons (Fsp3) is 1.00. The summed E-state index contributed by atoms with van der Waals surface area (Å²) >= 11 is 0. The van der Waals surface area contributed by atoms with Gasteiger partial charge in [-0.3, -0.25) is 0 Å². The maximum atomic E-state index is 11.5. The fourth-order valence-corrected chi connectivity index (χ4v) is 2.75. The summed E-state index contributed by atoms with van der Waals surface area (Å²) in [4.78, 5) is 0. The molecule has 2 N–H and O–H groups in total. The van der Waals surface area contributed by atoms with Gasteiger partial charge < -0.3 is 5.32 Å². The zero-order valence-electron chi connectivity index (χ0n) is 10.3. The van der Waals surface area contributed by atoms with Crippen LogP contribution in [-0.2, 0) is 10.0 Å². The Hall–Kier alpha value is -0.130. The molecule has 0 bridgehead atoms. The van der Waals surface area contributed by atoms with Crippen molar-refractivity contribution in [3.63, 3.8) is 0 Å². The lowest BCUT2D eigenvalue weighted by molar-refractivity contribution is 0.556. The molecule has 0 atom stereocenters. The van der Waals surface area contributed by atoms with E-state index in [0.717, 1.165) is 19.4 Å². The number of sulfonamides is 1. The average Bonchev–Trinajstić information content (AvgIpc) is 2.98. The Morgan fingerprint density at radius 2 is 1.94 bits per heavy atom. The third-order valence-corrected chi connectivity index (χ3v) is 4.07. The Bertz CT molecular complexity index is 284. The molecule has 0 aromatic rings. The third kappa shape index (κ3) is 7.19. The minimum atomic E-state index is -3.04. The van der Waals surface area contributed by atoms with E-state index >= 15 is 0 Å². The zero-order valence-corrected chi connectivity index (χ0v) is 11.1. The summed E-state index contributed by atoms with van der Waals surface area (Å²) in [6.45, 7) is 5.54. The second kappa shape index (κ2) is 6.57. The SMILES string of the molecule is CC(C)CCS(=O)(=O)NCCCNC1CC1. The largest absolute Gasteiger partial charge is 0.314 e. The quantitative estimate of drug-likeness (QED) is 0.601. The molecule has 0 spiro atoms. The summed E-state index contributed by atoms with van der Waals surface area (Å²) in [6, 6.07) is 0.706. The Kier molecular flexibility index (Phi) is 5.72. The minimum absolute atomic E-state index is 0.251. The molecule has 0 aromatic heterocycles. The van der Waals surface area contributed by atoms with Crippen molar-refractivity contribution in [2.45, 2.75) is 45.6 Å². The molecule has 0 unspecified atom stereocenters. The molecule has 0 saturated heterocycles. The van der Waals surface area contributed by atoms with Crippen LogP contribution in [0.5, 0.6) is 0 Å². The molecule has 1 aliphatic carbocycles. The normalized spacial score (nSPS) is 16.9. The molecule has 96 valence electrons. The summed E-state index contributed by atoms with van der Waals surface area (Å²) in [7, 11) is -3.04. The molecule has 0 aliphatic heterocycles. The van der Waals surface area contributed by atoms with Gasteiger partial charge in [-0.2, -0.15) is 0 Å². The van der Waals surface area contributed by atoms with Crippen molar-refractivity contribution in [3.05, 3.63) is 0 Å². The van der Waals surface area contributed by atoms with Gasteiger partial charge in [0.2, 0.25) is 10.0 Å². The molecular weight excluding hydrogens is 224 g/mol. The van der Waals surface area contributed by atoms with Crippen molar-refractivity contribution < 1.29 is 8.42 Å². The molecule has 0 aromatic carbocycles. The van der Waals surface area contributed by atoms with Gasteiger partial charge in [0.05, 0.1) is 5.75 Å². The zero-order chi connectivity index (χ0) is 12.0. The molecule has 5 heteroatoms. The van der Waals surface area contributed by atoms with Crippen molar-refractivity contribution in [2.24, 2.45) is 5.92 Å². The molecule has 1 saturated carbocycles. The summed E-state index contributed by atoms with van der Waals surface area (Å²) in [5.41, 5.74) is 0. The first-order valence-electron chi connectivity index (χ1n) is 6.20. The van der Waals surface area contributed by atoms with E-state index in [1.807, 2.05) is 13.8 Å². The Balaban J connectivity index is 2.00. The third-order valence-electron chi connectivity index (χ3n) is 2.65. The van der Waals surface area contributed by atoms with Crippen molar-refractivity contribution in [1.82, 2.24) is 10.0 Å². The molecule has 0 heterocycles. The lowest BCUT2D eigenvalue weighted by atomic mass is 10.2. The predicted octanol–water partition coefficient (Wildman–Crippen LogP) is 1.09. The van der Waals surface area contributed by atoms with E-state index < -0.39 is 10.0 Å². The van der Waals surface area contributed by atoms with Gasteiger partial charge >= 0.3 is 0 Å². The first-order valence-corrected chi connectivity index (χ1v) is 7.85. The van der Waals surface area contributed by atoms with Crippen LogP contribution in [0.2, 0.25) is 0 Å². The van der Waals surface area contributed by atoms with Gasteiger partial charge in [-0.15, -0.1) is 0 Å². The molecule has 1 fully saturated rings. The monoisotopic (exact) mass is 248 g/mol. The maximum absolute atomic E-state index is 11.5. The molecule has 16 heavy (non-hydrogen) atoms. The highest BCUT2D eigenvalue weighted by Crippen LogP contribution is 2.18. The molecular formula is C11H24N2O2S. The van der Waals surface area contributed by atoms with Gasteiger partial charge in [0, 0.05) is 12.6 Å². The van der Waals surface area contributed by atoms with Crippen LogP contribution in [0.4, 0.5) is 0 Å². The molecule has 4 nitrogen and oxygen atoms in total. The van der Waals surface area contributed by atoms with Gasteiger partial charge in [-0.25, -0.2) is 13.1 Å². The smallest absolute Gasteiger partial charge is 0.211 e. The van der Waals surface area contributed by atoms with Gasteiger partial charge in [-0.1, -0.05) is 13.8 Å². The highest BCUT2D eigenvalue weighted by molar-refractivity contribution is 7.89. The van der Waals surface area contributed by atoms with Crippen molar-refractivity contribution in [1.29, 1.82) is 0 Å². The summed E-state index contributed by atoms with van der Waals surface area (Å²) in [5, 5.41) is 3.36. The Morgan fingerprint density at radius 1 is 1.25 bits per heavy atom. The topological polar surface area (TPSA) is 58.2 Å². The van der Waals surface area contributed by atoms with Gasteiger partial charge in [0.15, 0.2) is 0 Å². The lowest BCUT2D eigenvalue weighted by Crippen LogP contribution is -2.30. The van der Waals surface area contributed by atoms with Crippen molar-refractivity contribution in [2.75, 3.05) is 18.8 Å². The van der Waals surface area contributed by atoms with E-state index in [2.05, 4.69) is 10.0 Å². The van der Waals surface area contributed by atoms with Crippen LogP contribution in [0.1, 0.15) is 39.5 Å². The average molecular weight is 248 g/mol. The van der Waals surface area contributed by atoms with Crippen LogP contribution < -0.4 is 10.0 Å². The molecule has 1 rings (SSSR count).